The van der Waals surface area contributed by atoms with Crippen LogP contribution < -0.4 is 15.2 Å². The number of benzene rings is 1. The first kappa shape index (κ1) is 20.6. The Morgan fingerprint density at radius 1 is 1.33 bits per heavy atom. The fourth-order valence-corrected chi connectivity index (χ4v) is 5.10. The SMILES string of the molecule is CCc1cc2c(=O)n(C(C)C(=O)c3ccc4c(c3)N(C)C(=O)CO4)c(SC)nc2s1. The van der Waals surface area contributed by atoms with Gasteiger partial charge in [-0.2, -0.15) is 0 Å². The molecule has 30 heavy (non-hydrogen) atoms. The molecule has 1 atom stereocenters. The quantitative estimate of drug-likeness (QED) is 0.341. The number of hydrogen-bond donors (Lipinski definition) is 0. The number of likely N-dealkylation sites (N-methyl/N-ethyl adjacent to an activating group) is 1. The Morgan fingerprint density at radius 2 is 2.10 bits per heavy atom. The van der Waals surface area contributed by atoms with Gasteiger partial charge in [0.1, 0.15) is 10.6 Å². The smallest absolute Gasteiger partial charge is 0.264 e. The van der Waals surface area contributed by atoms with Crippen LogP contribution in [-0.2, 0) is 11.2 Å². The molecule has 0 aliphatic carbocycles. The van der Waals surface area contributed by atoms with E-state index in [1.807, 2.05) is 19.2 Å². The zero-order chi connectivity index (χ0) is 21.6. The van der Waals surface area contributed by atoms with Gasteiger partial charge in [-0.25, -0.2) is 4.98 Å². The molecule has 0 fully saturated rings. The first-order chi connectivity index (χ1) is 14.3. The van der Waals surface area contributed by atoms with Crippen molar-refractivity contribution in [2.45, 2.75) is 31.5 Å². The molecule has 0 radical (unpaired) electrons. The summed E-state index contributed by atoms with van der Waals surface area (Å²) in [6.45, 7) is 3.72. The number of aryl methyl sites for hydroxylation is 1. The average molecular weight is 444 g/mol. The molecular formula is C21H21N3O4S2. The molecule has 1 unspecified atom stereocenters. The van der Waals surface area contributed by atoms with Crippen LogP contribution in [0.4, 0.5) is 5.69 Å². The number of ether oxygens (including phenoxy) is 1. The lowest BCUT2D eigenvalue weighted by molar-refractivity contribution is -0.120. The van der Waals surface area contributed by atoms with E-state index in [2.05, 4.69) is 4.98 Å². The summed E-state index contributed by atoms with van der Waals surface area (Å²) in [4.78, 5) is 46.4. The molecule has 0 saturated carbocycles. The van der Waals surface area contributed by atoms with E-state index in [1.165, 1.54) is 32.6 Å². The van der Waals surface area contributed by atoms with Gasteiger partial charge in [-0.05, 0) is 43.9 Å². The highest BCUT2D eigenvalue weighted by atomic mass is 32.2. The second-order valence-corrected chi connectivity index (χ2v) is 8.91. The van der Waals surface area contributed by atoms with Crippen LogP contribution in [0.1, 0.15) is 35.1 Å². The maximum atomic E-state index is 13.3. The number of hydrogen-bond acceptors (Lipinski definition) is 7. The van der Waals surface area contributed by atoms with Gasteiger partial charge < -0.3 is 9.64 Å². The molecule has 3 heterocycles. The van der Waals surface area contributed by atoms with Crippen LogP contribution in [0.5, 0.6) is 5.75 Å². The fraction of sp³-hybridized carbons (Fsp3) is 0.333. The third-order valence-corrected chi connectivity index (χ3v) is 7.07. The van der Waals surface area contributed by atoms with Gasteiger partial charge in [-0.1, -0.05) is 18.7 Å². The number of carbonyl (C=O) groups is 2. The van der Waals surface area contributed by atoms with Crippen LogP contribution in [0.3, 0.4) is 0 Å². The van der Waals surface area contributed by atoms with Crippen molar-refractivity contribution in [3.63, 3.8) is 0 Å². The van der Waals surface area contributed by atoms with Gasteiger partial charge in [0.05, 0.1) is 17.1 Å². The summed E-state index contributed by atoms with van der Waals surface area (Å²) in [5.74, 6) is 0.144. The number of ketones is 1. The molecule has 0 saturated heterocycles. The number of thioether (sulfide) groups is 1. The van der Waals surface area contributed by atoms with Crippen molar-refractivity contribution >= 4 is 50.7 Å². The largest absolute Gasteiger partial charge is 0.482 e. The summed E-state index contributed by atoms with van der Waals surface area (Å²) in [7, 11) is 1.65. The number of carbonyl (C=O) groups excluding carboxylic acids is 2. The summed E-state index contributed by atoms with van der Waals surface area (Å²) < 4.78 is 6.90. The van der Waals surface area contributed by atoms with E-state index in [0.29, 0.717) is 32.4 Å². The number of anilines is 1. The van der Waals surface area contributed by atoms with Crippen LogP contribution in [0.2, 0.25) is 0 Å². The van der Waals surface area contributed by atoms with Crippen molar-refractivity contribution in [3.8, 4) is 5.75 Å². The molecule has 1 amide bonds. The monoisotopic (exact) mass is 443 g/mol. The van der Waals surface area contributed by atoms with Gasteiger partial charge in [0.25, 0.3) is 11.5 Å². The van der Waals surface area contributed by atoms with E-state index in [0.717, 1.165) is 11.3 Å². The Hall–Kier alpha value is -2.65. The van der Waals surface area contributed by atoms with E-state index < -0.39 is 6.04 Å². The maximum absolute atomic E-state index is 13.3. The summed E-state index contributed by atoms with van der Waals surface area (Å²) in [6.07, 6.45) is 2.67. The lowest BCUT2D eigenvalue weighted by Gasteiger charge is -2.26. The zero-order valence-electron chi connectivity index (χ0n) is 17.1. The van der Waals surface area contributed by atoms with Crippen LogP contribution in [0, 0.1) is 0 Å². The molecule has 0 bridgehead atoms. The highest BCUT2D eigenvalue weighted by Gasteiger charge is 2.27. The molecule has 1 aliphatic heterocycles. The molecule has 9 heteroatoms. The molecule has 7 nitrogen and oxygen atoms in total. The first-order valence-corrected chi connectivity index (χ1v) is 11.6. The van der Waals surface area contributed by atoms with Crippen molar-refractivity contribution in [2.75, 3.05) is 24.8 Å². The number of aromatic nitrogens is 2. The molecule has 1 aliphatic rings. The van der Waals surface area contributed by atoms with E-state index in [4.69, 9.17) is 4.74 Å². The highest BCUT2D eigenvalue weighted by Crippen LogP contribution is 2.33. The van der Waals surface area contributed by atoms with Gasteiger partial charge in [-0.15, -0.1) is 11.3 Å². The molecular weight excluding hydrogens is 422 g/mol. The standard InChI is InChI=1S/C21H21N3O4S2/c1-5-13-9-14-19(30-13)22-21(29-4)24(20(14)27)11(2)18(26)12-6-7-16-15(8-12)23(3)17(25)10-28-16/h6-9,11H,5,10H2,1-4H3. The zero-order valence-corrected chi connectivity index (χ0v) is 18.7. The molecule has 2 aromatic heterocycles. The number of thiophene rings is 1. The third kappa shape index (κ3) is 3.31. The van der Waals surface area contributed by atoms with Crippen molar-refractivity contribution < 1.29 is 14.3 Å². The minimum Gasteiger partial charge on any atom is -0.482 e. The van der Waals surface area contributed by atoms with Crippen LogP contribution in [0.15, 0.2) is 34.2 Å². The van der Waals surface area contributed by atoms with Crippen molar-refractivity contribution in [3.05, 3.63) is 45.1 Å². The molecule has 1 aromatic carbocycles. The molecule has 0 spiro atoms. The van der Waals surface area contributed by atoms with Gasteiger partial charge in [0.2, 0.25) is 0 Å². The number of nitrogens with zero attached hydrogens (tertiary/aromatic N) is 3. The minimum atomic E-state index is -0.745. The topological polar surface area (TPSA) is 81.5 Å². The van der Waals surface area contributed by atoms with Gasteiger partial charge in [0, 0.05) is 17.5 Å². The van der Waals surface area contributed by atoms with Gasteiger partial charge in [0.15, 0.2) is 17.5 Å². The number of amides is 1. The first-order valence-electron chi connectivity index (χ1n) is 9.52. The minimum absolute atomic E-state index is 0.0221. The summed E-state index contributed by atoms with van der Waals surface area (Å²) in [5, 5.41) is 1.05. The van der Waals surface area contributed by atoms with Crippen molar-refractivity contribution in [1.82, 2.24) is 9.55 Å². The highest BCUT2D eigenvalue weighted by molar-refractivity contribution is 7.98. The summed E-state index contributed by atoms with van der Waals surface area (Å²) in [6, 6.07) is 6.11. The molecule has 156 valence electrons. The number of rotatable bonds is 5. The second kappa shape index (κ2) is 7.88. The fourth-order valence-electron chi connectivity index (χ4n) is 3.47. The predicted molar refractivity (Wildman–Crippen MR) is 119 cm³/mol. The molecule has 3 aromatic rings. The Balaban J connectivity index is 1.78. The third-order valence-electron chi connectivity index (χ3n) is 5.24. The average Bonchev–Trinajstić information content (AvgIpc) is 3.18. The number of Topliss-reactive ketones (excluding diaryl/α,β-unsaturated/α-hetero) is 1. The second-order valence-electron chi connectivity index (χ2n) is 7.02. The van der Waals surface area contributed by atoms with E-state index in [-0.39, 0.29) is 23.9 Å². The Bertz CT molecular complexity index is 1230. The summed E-state index contributed by atoms with van der Waals surface area (Å²) in [5.41, 5.74) is 0.737. The van der Waals surface area contributed by atoms with Crippen molar-refractivity contribution in [2.24, 2.45) is 0 Å². The van der Waals surface area contributed by atoms with E-state index in [1.54, 1.807) is 32.2 Å². The molecule has 0 N–H and O–H groups in total. The maximum Gasteiger partial charge on any atom is 0.264 e. The van der Waals surface area contributed by atoms with Crippen LogP contribution in [-0.4, -0.2) is 41.2 Å². The van der Waals surface area contributed by atoms with Gasteiger partial charge in [-0.3, -0.25) is 19.0 Å². The van der Waals surface area contributed by atoms with E-state index in [9.17, 15) is 14.4 Å². The lowest BCUT2D eigenvalue weighted by Crippen LogP contribution is -2.35. The lowest BCUT2D eigenvalue weighted by atomic mass is 10.0. The van der Waals surface area contributed by atoms with Gasteiger partial charge >= 0.3 is 0 Å². The van der Waals surface area contributed by atoms with Crippen LogP contribution >= 0.6 is 23.1 Å². The molecule has 4 rings (SSSR count). The Kier molecular flexibility index (Phi) is 5.42. The van der Waals surface area contributed by atoms with Crippen molar-refractivity contribution in [1.29, 1.82) is 0 Å². The predicted octanol–water partition coefficient (Wildman–Crippen LogP) is 3.54. The normalized spacial score (nSPS) is 14.5. The summed E-state index contributed by atoms with van der Waals surface area (Å²) >= 11 is 2.85. The van der Waals surface area contributed by atoms with E-state index >= 15 is 0 Å². The van der Waals surface area contributed by atoms with Crippen LogP contribution in [0.25, 0.3) is 10.2 Å². The number of fused-ring (bicyclic) bond motifs is 2. The Morgan fingerprint density at radius 3 is 2.80 bits per heavy atom. The Labute approximate surface area is 181 Å².